The lowest BCUT2D eigenvalue weighted by Crippen LogP contribution is -1.84. The molecule has 0 saturated carbocycles. The highest BCUT2D eigenvalue weighted by Crippen LogP contribution is 2.21. The number of rotatable bonds is 1. The topological polar surface area (TPSA) is 12.9 Å². The summed E-state index contributed by atoms with van der Waals surface area (Å²) in [6.45, 7) is 2.09. The summed E-state index contributed by atoms with van der Waals surface area (Å²) >= 11 is 0. The second-order valence-electron chi connectivity index (χ2n) is 4.28. The van der Waals surface area contributed by atoms with Gasteiger partial charge in [-0.05, 0) is 18.4 Å². The fourth-order valence-electron chi connectivity index (χ4n) is 1.97. The van der Waals surface area contributed by atoms with Crippen LogP contribution in [0, 0.1) is 6.92 Å². The molecule has 0 aliphatic heterocycles. The largest absolute Gasteiger partial charge is 0.256 e. The van der Waals surface area contributed by atoms with Crippen molar-refractivity contribution in [2.75, 3.05) is 0 Å². The summed E-state index contributed by atoms with van der Waals surface area (Å²) in [6, 6.07) is 18.9. The molecule has 0 saturated heterocycles. The first-order valence-electron chi connectivity index (χ1n) is 5.75. The Morgan fingerprint density at radius 2 is 1.53 bits per heavy atom. The zero-order valence-corrected chi connectivity index (χ0v) is 9.72. The summed E-state index contributed by atoms with van der Waals surface area (Å²) in [5.74, 6) is 0. The number of aromatic nitrogens is 1. The maximum Gasteiger partial charge on any atom is 0.0708 e. The van der Waals surface area contributed by atoms with Crippen LogP contribution in [0.5, 0.6) is 0 Å². The van der Waals surface area contributed by atoms with Crippen LogP contribution in [0.3, 0.4) is 0 Å². The third-order valence-electron chi connectivity index (χ3n) is 2.98. The lowest BCUT2D eigenvalue weighted by Gasteiger charge is -2.03. The Labute approximate surface area is 101 Å². The molecule has 0 radical (unpaired) electrons. The molecule has 0 amide bonds. The third-order valence-corrected chi connectivity index (χ3v) is 2.98. The van der Waals surface area contributed by atoms with Crippen LogP contribution in [-0.4, -0.2) is 4.98 Å². The van der Waals surface area contributed by atoms with Crippen molar-refractivity contribution in [1.29, 1.82) is 0 Å². The number of hydrogen-bond donors (Lipinski definition) is 0. The van der Waals surface area contributed by atoms with E-state index in [-0.39, 0.29) is 0 Å². The maximum absolute atomic E-state index is 4.51. The third kappa shape index (κ3) is 1.92. The molecule has 0 unspecified atom stereocenters. The zero-order valence-electron chi connectivity index (χ0n) is 9.72. The summed E-state index contributed by atoms with van der Waals surface area (Å²) in [4.78, 5) is 4.51. The molecule has 17 heavy (non-hydrogen) atoms. The molecular weight excluding hydrogens is 206 g/mol. The molecule has 1 aromatic heterocycles. The van der Waals surface area contributed by atoms with Gasteiger partial charge in [-0.1, -0.05) is 54.1 Å². The van der Waals surface area contributed by atoms with Crippen molar-refractivity contribution in [1.82, 2.24) is 4.98 Å². The van der Waals surface area contributed by atoms with Gasteiger partial charge >= 0.3 is 0 Å². The van der Waals surface area contributed by atoms with Crippen molar-refractivity contribution in [2.24, 2.45) is 0 Å². The van der Waals surface area contributed by atoms with E-state index in [1.54, 1.807) is 0 Å². The highest BCUT2D eigenvalue weighted by molar-refractivity contribution is 5.85. The van der Waals surface area contributed by atoms with E-state index in [1.807, 2.05) is 12.3 Å². The SMILES string of the molecule is Cc1ccc(-c2cc3ccccc3cn2)cc1. The molecule has 1 nitrogen and oxygen atoms in total. The quantitative estimate of drug-likeness (QED) is 0.597. The standard InChI is InChI=1S/C16H13N/c1-12-6-8-13(9-7-12)16-10-14-4-2-3-5-15(14)11-17-16/h2-11H,1H3. The fraction of sp³-hybridized carbons (Fsp3) is 0.0625. The lowest BCUT2D eigenvalue weighted by molar-refractivity contribution is 1.35. The first-order chi connectivity index (χ1) is 8.33. The van der Waals surface area contributed by atoms with Gasteiger partial charge in [-0.2, -0.15) is 0 Å². The maximum atomic E-state index is 4.51. The predicted octanol–water partition coefficient (Wildman–Crippen LogP) is 4.21. The van der Waals surface area contributed by atoms with E-state index in [0.29, 0.717) is 0 Å². The summed E-state index contributed by atoms with van der Waals surface area (Å²) in [5, 5.41) is 2.42. The van der Waals surface area contributed by atoms with Crippen LogP contribution in [0.15, 0.2) is 60.8 Å². The molecule has 0 fully saturated rings. The minimum absolute atomic E-state index is 1.03. The normalized spacial score (nSPS) is 10.6. The van der Waals surface area contributed by atoms with Crippen molar-refractivity contribution in [3.63, 3.8) is 0 Å². The number of aryl methyl sites for hydroxylation is 1. The first-order valence-corrected chi connectivity index (χ1v) is 5.75. The Kier molecular flexibility index (Phi) is 2.37. The molecule has 3 rings (SSSR count). The van der Waals surface area contributed by atoms with Crippen LogP contribution < -0.4 is 0 Å². The van der Waals surface area contributed by atoms with Crippen molar-refractivity contribution in [2.45, 2.75) is 6.92 Å². The van der Waals surface area contributed by atoms with Gasteiger partial charge in [0.1, 0.15) is 0 Å². The first kappa shape index (κ1) is 10.0. The van der Waals surface area contributed by atoms with E-state index >= 15 is 0 Å². The van der Waals surface area contributed by atoms with Gasteiger partial charge in [-0.15, -0.1) is 0 Å². The van der Waals surface area contributed by atoms with E-state index in [0.717, 1.165) is 5.69 Å². The van der Waals surface area contributed by atoms with Gasteiger partial charge in [-0.25, -0.2) is 0 Å². The predicted molar refractivity (Wildman–Crippen MR) is 71.9 cm³/mol. The molecule has 0 spiro atoms. The molecule has 0 bridgehead atoms. The number of hydrogen-bond acceptors (Lipinski definition) is 1. The van der Waals surface area contributed by atoms with Crippen LogP contribution in [0.4, 0.5) is 0 Å². The van der Waals surface area contributed by atoms with Crippen molar-refractivity contribution < 1.29 is 0 Å². The lowest BCUT2D eigenvalue weighted by atomic mass is 10.1. The highest BCUT2D eigenvalue weighted by Gasteiger charge is 2.00. The summed E-state index contributed by atoms with van der Waals surface area (Å²) in [7, 11) is 0. The molecule has 1 heteroatoms. The van der Waals surface area contributed by atoms with Gasteiger partial charge in [0.25, 0.3) is 0 Å². The average molecular weight is 219 g/mol. The molecule has 2 aromatic carbocycles. The second kappa shape index (κ2) is 4.02. The van der Waals surface area contributed by atoms with Gasteiger partial charge in [0, 0.05) is 17.1 Å². The Balaban J connectivity index is 2.14. The summed E-state index contributed by atoms with van der Waals surface area (Å²) in [5.41, 5.74) is 3.47. The highest BCUT2D eigenvalue weighted by atomic mass is 14.7. The summed E-state index contributed by atoms with van der Waals surface area (Å²) < 4.78 is 0. The van der Waals surface area contributed by atoms with Crippen LogP contribution >= 0.6 is 0 Å². The minimum Gasteiger partial charge on any atom is -0.256 e. The number of fused-ring (bicyclic) bond motifs is 1. The molecule has 0 aliphatic rings. The Morgan fingerprint density at radius 3 is 2.29 bits per heavy atom. The molecule has 0 atom stereocenters. The fourth-order valence-corrected chi connectivity index (χ4v) is 1.97. The van der Waals surface area contributed by atoms with E-state index < -0.39 is 0 Å². The van der Waals surface area contributed by atoms with E-state index in [2.05, 4.69) is 60.4 Å². The van der Waals surface area contributed by atoms with E-state index in [1.165, 1.54) is 21.9 Å². The van der Waals surface area contributed by atoms with Crippen LogP contribution in [0.2, 0.25) is 0 Å². The zero-order chi connectivity index (χ0) is 11.7. The minimum atomic E-state index is 1.03. The van der Waals surface area contributed by atoms with Crippen LogP contribution in [-0.2, 0) is 0 Å². The molecule has 0 aliphatic carbocycles. The van der Waals surface area contributed by atoms with Gasteiger partial charge in [0.2, 0.25) is 0 Å². The molecule has 0 N–H and O–H groups in total. The Hall–Kier alpha value is -2.15. The average Bonchev–Trinajstić information content (AvgIpc) is 2.39. The molecule has 1 heterocycles. The van der Waals surface area contributed by atoms with E-state index in [4.69, 9.17) is 0 Å². The molecular formula is C16H13N. The van der Waals surface area contributed by atoms with Gasteiger partial charge in [0.15, 0.2) is 0 Å². The Bertz CT molecular complexity index is 654. The number of pyridine rings is 1. The summed E-state index contributed by atoms with van der Waals surface area (Å²) in [6.07, 6.45) is 1.94. The van der Waals surface area contributed by atoms with Crippen molar-refractivity contribution in [3.05, 3.63) is 66.4 Å². The van der Waals surface area contributed by atoms with Gasteiger partial charge < -0.3 is 0 Å². The smallest absolute Gasteiger partial charge is 0.0708 e. The van der Waals surface area contributed by atoms with Crippen LogP contribution in [0.25, 0.3) is 22.0 Å². The molecule has 82 valence electrons. The monoisotopic (exact) mass is 219 g/mol. The van der Waals surface area contributed by atoms with Gasteiger partial charge in [-0.3, -0.25) is 4.98 Å². The van der Waals surface area contributed by atoms with Crippen molar-refractivity contribution >= 4 is 10.8 Å². The van der Waals surface area contributed by atoms with Crippen LogP contribution in [0.1, 0.15) is 5.56 Å². The van der Waals surface area contributed by atoms with E-state index in [9.17, 15) is 0 Å². The number of benzene rings is 2. The van der Waals surface area contributed by atoms with Crippen molar-refractivity contribution in [3.8, 4) is 11.3 Å². The Morgan fingerprint density at radius 1 is 0.824 bits per heavy atom. The number of nitrogens with zero attached hydrogens (tertiary/aromatic N) is 1. The van der Waals surface area contributed by atoms with Gasteiger partial charge in [0.05, 0.1) is 5.69 Å². The second-order valence-corrected chi connectivity index (χ2v) is 4.28. The molecule has 3 aromatic rings.